The van der Waals surface area contributed by atoms with Crippen molar-refractivity contribution in [2.45, 2.75) is 6.92 Å². The Hall–Kier alpha value is -2.41. The van der Waals surface area contributed by atoms with Gasteiger partial charge in [-0.25, -0.2) is 9.97 Å². The number of aryl methyl sites for hydroxylation is 1. The summed E-state index contributed by atoms with van der Waals surface area (Å²) >= 11 is 0. The predicted molar refractivity (Wildman–Crippen MR) is 91.0 cm³/mol. The fraction of sp³-hybridized carbons (Fsp3) is 0.438. The lowest BCUT2D eigenvalue weighted by atomic mass is 10.3. The monoisotopic (exact) mass is 314 g/mol. The molecule has 0 aromatic carbocycles. The van der Waals surface area contributed by atoms with Crippen LogP contribution in [0.2, 0.25) is 0 Å². The molecule has 1 fully saturated rings. The number of pyridine rings is 1. The Kier molecular flexibility index (Phi) is 4.87. The number of anilines is 3. The SMILES string of the molecule is Cc1cc(NCCO)nc(N2CCN(c3ccccn3)CC2)n1. The Labute approximate surface area is 136 Å². The van der Waals surface area contributed by atoms with E-state index in [4.69, 9.17) is 5.11 Å². The minimum Gasteiger partial charge on any atom is -0.395 e. The van der Waals surface area contributed by atoms with Gasteiger partial charge in [0.05, 0.1) is 6.61 Å². The van der Waals surface area contributed by atoms with Crippen molar-refractivity contribution in [3.05, 3.63) is 36.2 Å². The van der Waals surface area contributed by atoms with Gasteiger partial charge in [0.15, 0.2) is 0 Å². The highest BCUT2D eigenvalue weighted by Crippen LogP contribution is 2.18. The standard InChI is InChI=1S/C16H22N6O/c1-13-12-14(17-6-11-23)20-16(19-13)22-9-7-21(8-10-22)15-4-2-3-5-18-15/h2-5,12,23H,6-11H2,1H3,(H,17,19,20). The van der Waals surface area contributed by atoms with Crippen LogP contribution in [-0.4, -0.2) is 59.4 Å². The van der Waals surface area contributed by atoms with Crippen LogP contribution < -0.4 is 15.1 Å². The number of nitrogens with one attached hydrogen (secondary N) is 1. The average molecular weight is 314 g/mol. The molecule has 2 aromatic heterocycles. The number of aromatic nitrogens is 3. The summed E-state index contributed by atoms with van der Waals surface area (Å²) < 4.78 is 0. The summed E-state index contributed by atoms with van der Waals surface area (Å²) in [4.78, 5) is 18.0. The highest BCUT2D eigenvalue weighted by Gasteiger charge is 2.20. The van der Waals surface area contributed by atoms with Crippen LogP contribution in [0, 0.1) is 6.92 Å². The van der Waals surface area contributed by atoms with E-state index in [1.54, 1.807) is 0 Å². The zero-order valence-corrected chi connectivity index (χ0v) is 13.3. The fourth-order valence-corrected chi connectivity index (χ4v) is 2.65. The molecule has 2 aromatic rings. The van der Waals surface area contributed by atoms with Gasteiger partial charge in [-0.3, -0.25) is 0 Å². The summed E-state index contributed by atoms with van der Waals surface area (Å²) in [7, 11) is 0. The molecule has 1 aliphatic rings. The number of rotatable bonds is 5. The van der Waals surface area contributed by atoms with Crippen molar-refractivity contribution >= 4 is 17.6 Å². The molecule has 0 bridgehead atoms. The van der Waals surface area contributed by atoms with E-state index in [1.807, 2.05) is 37.4 Å². The molecule has 0 radical (unpaired) electrons. The Morgan fingerprint density at radius 3 is 2.61 bits per heavy atom. The lowest BCUT2D eigenvalue weighted by Gasteiger charge is -2.35. The van der Waals surface area contributed by atoms with Gasteiger partial charge in [-0.1, -0.05) is 6.07 Å². The second-order valence-electron chi connectivity index (χ2n) is 5.51. The maximum Gasteiger partial charge on any atom is 0.227 e. The molecule has 1 aliphatic heterocycles. The number of hydrogen-bond donors (Lipinski definition) is 2. The molecule has 0 unspecified atom stereocenters. The van der Waals surface area contributed by atoms with Gasteiger partial charge in [0.1, 0.15) is 11.6 Å². The first-order chi connectivity index (χ1) is 11.3. The van der Waals surface area contributed by atoms with Crippen LogP contribution in [0.4, 0.5) is 17.6 Å². The summed E-state index contributed by atoms with van der Waals surface area (Å²) in [5.41, 5.74) is 0.919. The zero-order valence-electron chi connectivity index (χ0n) is 13.3. The van der Waals surface area contributed by atoms with Gasteiger partial charge in [-0.15, -0.1) is 0 Å². The third-order valence-corrected chi connectivity index (χ3v) is 3.80. The molecule has 23 heavy (non-hydrogen) atoms. The summed E-state index contributed by atoms with van der Waals surface area (Å²) in [6.07, 6.45) is 1.82. The van der Waals surface area contributed by atoms with Gasteiger partial charge in [0.2, 0.25) is 5.95 Å². The van der Waals surface area contributed by atoms with E-state index < -0.39 is 0 Å². The van der Waals surface area contributed by atoms with Gasteiger partial charge in [0, 0.05) is 50.7 Å². The van der Waals surface area contributed by atoms with Crippen molar-refractivity contribution in [1.82, 2.24) is 15.0 Å². The molecule has 0 spiro atoms. The molecular weight excluding hydrogens is 292 g/mol. The van der Waals surface area contributed by atoms with Crippen LogP contribution in [0.25, 0.3) is 0 Å². The van der Waals surface area contributed by atoms with Crippen LogP contribution in [0.15, 0.2) is 30.5 Å². The Bertz CT molecular complexity index is 628. The van der Waals surface area contributed by atoms with Gasteiger partial charge >= 0.3 is 0 Å². The first-order valence-electron chi connectivity index (χ1n) is 7.87. The van der Waals surface area contributed by atoms with E-state index in [1.165, 1.54) is 0 Å². The number of nitrogens with zero attached hydrogens (tertiary/aromatic N) is 5. The highest BCUT2D eigenvalue weighted by molar-refractivity contribution is 5.46. The second kappa shape index (κ2) is 7.23. The number of hydrogen-bond acceptors (Lipinski definition) is 7. The minimum atomic E-state index is 0.0845. The topological polar surface area (TPSA) is 77.4 Å². The highest BCUT2D eigenvalue weighted by atomic mass is 16.3. The van der Waals surface area contributed by atoms with Crippen molar-refractivity contribution in [2.75, 3.05) is 54.4 Å². The normalized spacial score (nSPS) is 14.9. The molecule has 7 heteroatoms. The number of aliphatic hydroxyl groups excluding tert-OH is 1. The lowest BCUT2D eigenvalue weighted by molar-refractivity contribution is 0.311. The van der Waals surface area contributed by atoms with Crippen LogP contribution in [-0.2, 0) is 0 Å². The second-order valence-corrected chi connectivity index (χ2v) is 5.51. The van der Waals surface area contributed by atoms with Crippen molar-refractivity contribution in [3.63, 3.8) is 0 Å². The van der Waals surface area contributed by atoms with E-state index in [-0.39, 0.29) is 6.61 Å². The van der Waals surface area contributed by atoms with Crippen molar-refractivity contribution < 1.29 is 5.11 Å². The van der Waals surface area contributed by atoms with Crippen molar-refractivity contribution in [2.24, 2.45) is 0 Å². The Morgan fingerprint density at radius 2 is 1.91 bits per heavy atom. The van der Waals surface area contributed by atoms with E-state index in [0.29, 0.717) is 6.54 Å². The van der Waals surface area contributed by atoms with Crippen molar-refractivity contribution in [1.29, 1.82) is 0 Å². The van der Waals surface area contributed by atoms with E-state index in [0.717, 1.165) is 49.5 Å². The van der Waals surface area contributed by atoms with E-state index in [9.17, 15) is 0 Å². The predicted octanol–water partition coefficient (Wildman–Crippen LogP) is 0.911. The summed E-state index contributed by atoms with van der Waals surface area (Å²) in [5.74, 6) is 2.52. The minimum absolute atomic E-state index is 0.0845. The van der Waals surface area contributed by atoms with E-state index in [2.05, 4.69) is 30.1 Å². The number of aliphatic hydroxyl groups is 1. The maximum absolute atomic E-state index is 8.92. The van der Waals surface area contributed by atoms with Crippen LogP contribution in [0.5, 0.6) is 0 Å². The molecule has 0 aliphatic carbocycles. The molecule has 1 saturated heterocycles. The molecule has 7 nitrogen and oxygen atoms in total. The first-order valence-corrected chi connectivity index (χ1v) is 7.87. The Balaban J connectivity index is 1.66. The van der Waals surface area contributed by atoms with Gasteiger partial charge in [-0.05, 0) is 19.1 Å². The van der Waals surface area contributed by atoms with Gasteiger partial charge < -0.3 is 20.2 Å². The van der Waals surface area contributed by atoms with E-state index >= 15 is 0 Å². The van der Waals surface area contributed by atoms with Gasteiger partial charge in [0.25, 0.3) is 0 Å². The summed E-state index contributed by atoms with van der Waals surface area (Å²) in [5, 5.41) is 12.0. The Morgan fingerprint density at radius 1 is 1.13 bits per heavy atom. The van der Waals surface area contributed by atoms with Crippen molar-refractivity contribution in [3.8, 4) is 0 Å². The summed E-state index contributed by atoms with van der Waals surface area (Å²) in [6, 6.07) is 7.87. The maximum atomic E-state index is 8.92. The molecule has 0 saturated carbocycles. The fourth-order valence-electron chi connectivity index (χ4n) is 2.65. The molecule has 2 N–H and O–H groups in total. The molecule has 3 heterocycles. The lowest BCUT2D eigenvalue weighted by Crippen LogP contribution is -2.47. The quantitative estimate of drug-likeness (QED) is 0.849. The molecule has 3 rings (SSSR count). The largest absolute Gasteiger partial charge is 0.395 e. The molecule has 0 atom stereocenters. The smallest absolute Gasteiger partial charge is 0.227 e. The third-order valence-electron chi connectivity index (χ3n) is 3.80. The van der Waals surface area contributed by atoms with Gasteiger partial charge in [-0.2, -0.15) is 4.98 Å². The molecular formula is C16H22N6O. The van der Waals surface area contributed by atoms with Crippen LogP contribution >= 0.6 is 0 Å². The van der Waals surface area contributed by atoms with Crippen LogP contribution in [0.1, 0.15) is 5.69 Å². The first kappa shape index (κ1) is 15.5. The third kappa shape index (κ3) is 3.87. The molecule has 122 valence electrons. The van der Waals surface area contributed by atoms with Crippen LogP contribution in [0.3, 0.4) is 0 Å². The zero-order chi connectivity index (χ0) is 16.1. The molecule has 0 amide bonds. The average Bonchev–Trinajstić information content (AvgIpc) is 2.60. The number of piperazine rings is 1. The summed E-state index contributed by atoms with van der Waals surface area (Å²) in [6.45, 7) is 6.05.